The van der Waals surface area contributed by atoms with E-state index in [1.807, 2.05) is 29.2 Å². The highest BCUT2D eigenvalue weighted by atomic mass is 35.5. The summed E-state index contributed by atoms with van der Waals surface area (Å²) in [7, 11) is 0. The van der Waals surface area contributed by atoms with Gasteiger partial charge in [0.05, 0.1) is 5.75 Å². The van der Waals surface area contributed by atoms with Gasteiger partial charge in [-0.25, -0.2) is 9.89 Å². The van der Waals surface area contributed by atoms with Crippen LogP contribution in [-0.4, -0.2) is 57.5 Å². The average Bonchev–Trinajstić information content (AvgIpc) is 3.42. The van der Waals surface area contributed by atoms with E-state index in [4.69, 9.17) is 11.6 Å². The molecule has 7 nitrogen and oxygen atoms in total. The zero-order valence-corrected chi connectivity index (χ0v) is 15.8. The van der Waals surface area contributed by atoms with E-state index >= 15 is 0 Å². The van der Waals surface area contributed by atoms with Crippen LogP contribution in [0.3, 0.4) is 0 Å². The van der Waals surface area contributed by atoms with Crippen LogP contribution in [0.5, 0.6) is 0 Å². The first-order chi connectivity index (χ1) is 12.6. The molecule has 1 amide bonds. The predicted molar refractivity (Wildman–Crippen MR) is 102 cm³/mol. The minimum absolute atomic E-state index is 0.0820. The SMILES string of the molecule is O=C(CSc1n[nH]c(=O)n1C1CC1)N1CCN(c2cccc(Cl)c2)CC1. The number of halogens is 1. The summed E-state index contributed by atoms with van der Waals surface area (Å²) in [5, 5.41) is 7.87. The van der Waals surface area contributed by atoms with Crippen LogP contribution in [0.25, 0.3) is 0 Å². The molecule has 1 aliphatic heterocycles. The van der Waals surface area contributed by atoms with Crippen molar-refractivity contribution in [1.29, 1.82) is 0 Å². The summed E-state index contributed by atoms with van der Waals surface area (Å²) < 4.78 is 1.68. The summed E-state index contributed by atoms with van der Waals surface area (Å²) in [6, 6.07) is 8.03. The second kappa shape index (κ2) is 7.36. The summed E-state index contributed by atoms with van der Waals surface area (Å²) >= 11 is 7.39. The monoisotopic (exact) mass is 393 g/mol. The standard InChI is InChI=1S/C17H20ClN5O2S/c18-12-2-1-3-14(10-12)21-6-8-22(9-7-21)15(24)11-26-17-20-19-16(25)23(17)13-4-5-13/h1-3,10,13H,4-9,11H2,(H,19,25). The molecule has 4 rings (SSSR count). The van der Waals surface area contributed by atoms with Gasteiger partial charge < -0.3 is 9.80 Å². The lowest BCUT2D eigenvalue weighted by atomic mass is 10.2. The Kier molecular flexibility index (Phi) is 4.95. The van der Waals surface area contributed by atoms with Gasteiger partial charge in [0.15, 0.2) is 5.16 Å². The normalized spacial score (nSPS) is 17.6. The number of H-pyrrole nitrogens is 1. The number of carbonyl (C=O) groups excluding carboxylic acids is 1. The Labute approximate surface area is 160 Å². The van der Waals surface area contributed by atoms with Crippen molar-refractivity contribution in [3.05, 3.63) is 39.8 Å². The molecule has 0 radical (unpaired) electrons. The van der Waals surface area contributed by atoms with Crippen LogP contribution < -0.4 is 10.6 Å². The Balaban J connectivity index is 1.31. The number of aromatic amines is 1. The summed E-state index contributed by atoms with van der Waals surface area (Å²) in [5.74, 6) is 0.382. The smallest absolute Gasteiger partial charge is 0.344 e. The van der Waals surface area contributed by atoms with E-state index in [9.17, 15) is 9.59 Å². The van der Waals surface area contributed by atoms with Crippen molar-refractivity contribution in [3.8, 4) is 0 Å². The Morgan fingerprint density at radius 3 is 2.73 bits per heavy atom. The van der Waals surface area contributed by atoms with Gasteiger partial charge in [0, 0.05) is 42.9 Å². The third kappa shape index (κ3) is 3.76. The minimum atomic E-state index is -0.183. The number of carbonyl (C=O) groups is 1. The van der Waals surface area contributed by atoms with E-state index in [1.165, 1.54) is 11.8 Å². The largest absolute Gasteiger partial charge is 0.368 e. The number of anilines is 1. The van der Waals surface area contributed by atoms with Crippen LogP contribution >= 0.6 is 23.4 Å². The van der Waals surface area contributed by atoms with E-state index in [-0.39, 0.29) is 17.6 Å². The molecule has 0 spiro atoms. The first kappa shape index (κ1) is 17.5. The van der Waals surface area contributed by atoms with Crippen LogP contribution in [0.4, 0.5) is 5.69 Å². The molecule has 1 saturated carbocycles. The molecule has 0 bridgehead atoms. The topological polar surface area (TPSA) is 74.2 Å². The molecule has 9 heteroatoms. The van der Waals surface area contributed by atoms with E-state index in [0.717, 1.165) is 36.6 Å². The molecular formula is C17H20ClN5O2S. The van der Waals surface area contributed by atoms with E-state index in [1.54, 1.807) is 4.57 Å². The fourth-order valence-electron chi connectivity index (χ4n) is 3.15. The molecule has 2 aromatic rings. The zero-order valence-electron chi connectivity index (χ0n) is 14.2. The number of amides is 1. The van der Waals surface area contributed by atoms with Gasteiger partial charge in [-0.1, -0.05) is 29.4 Å². The highest BCUT2D eigenvalue weighted by Gasteiger charge is 2.29. The number of aromatic nitrogens is 3. The van der Waals surface area contributed by atoms with Crippen molar-refractivity contribution in [3.63, 3.8) is 0 Å². The molecule has 2 heterocycles. The van der Waals surface area contributed by atoms with Gasteiger partial charge in [0.25, 0.3) is 0 Å². The second-order valence-electron chi connectivity index (χ2n) is 6.55. The van der Waals surface area contributed by atoms with E-state index < -0.39 is 0 Å². The molecule has 1 aromatic carbocycles. The maximum Gasteiger partial charge on any atom is 0.344 e. The van der Waals surface area contributed by atoms with Crippen molar-refractivity contribution >= 4 is 35.0 Å². The molecular weight excluding hydrogens is 374 g/mol. The minimum Gasteiger partial charge on any atom is -0.368 e. The number of hydrogen-bond acceptors (Lipinski definition) is 5. The number of rotatable bonds is 5. The van der Waals surface area contributed by atoms with Crippen molar-refractivity contribution < 1.29 is 4.79 Å². The third-order valence-electron chi connectivity index (χ3n) is 4.71. The van der Waals surface area contributed by atoms with E-state index in [0.29, 0.717) is 24.0 Å². The first-order valence-corrected chi connectivity index (χ1v) is 10.1. The van der Waals surface area contributed by atoms with Crippen molar-refractivity contribution in [1.82, 2.24) is 19.7 Å². The summed E-state index contributed by atoms with van der Waals surface area (Å²) in [4.78, 5) is 28.4. The number of thioether (sulfide) groups is 1. The third-order valence-corrected chi connectivity index (χ3v) is 5.89. The highest BCUT2D eigenvalue weighted by molar-refractivity contribution is 7.99. The van der Waals surface area contributed by atoms with Crippen LogP contribution in [0.1, 0.15) is 18.9 Å². The molecule has 1 aliphatic carbocycles. The maximum atomic E-state index is 12.5. The van der Waals surface area contributed by atoms with E-state index in [2.05, 4.69) is 15.1 Å². The second-order valence-corrected chi connectivity index (χ2v) is 7.93. The van der Waals surface area contributed by atoms with Crippen LogP contribution in [-0.2, 0) is 4.79 Å². The van der Waals surface area contributed by atoms with Crippen molar-refractivity contribution in [2.24, 2.45) is 0 Å². The number of piperazine rings is 1. The van der Waals surface area contributed by atoms with Gasteiger partial charge in [-0.05, 0) is 31.0 Å². The van der Waals surface area contributed by atoms with Gasteiger partial charge >= 0.3 is 5.69 Å². The van der Waals surface area contributed by atoms with Crippen molar-refractivity contribution in [2.45, 2.75) is 24.0 Å². The summed E-state index contributed by atoms with van der Waals surface area (Å²) in [5.41, 5.74) is 0.904. The Hall–Kier alpha value is -1.93. The van der Waals surface area contributed by atoms with Gasteiger partial charge in [0.2, 0.25) is 5.91 Å². The number of hydrogen-bond donors (Lipinski definition) is 1. The lowest BCUT2D eigenvalue weighted by Crippen LogP contribution is -2.49. The molecule has 1 N–H and O–H groups in total. The maximum absolute atomic E-state index is 12.5. The Morgan fingerprint density at radius 2 is 2.04 bits per heavy atom. The number of nitrogens with one attached hydrogen (secondary N) is 1. The molecule has 0 unspecified atom stereocenters. The predicted octanol–water partition coefficient (Wildman–Crippen LogP) is 2.00. The Morgan fingerprint density at radius 1 is 1.27 bits per heavy atom. The molecule has 2 fully saturated rings. The first-order valence-electron chi connectivity index (χ1n) is 8.70. The molecule has 2 aliphatic rings. The fraction of sp³-hybridized carbons (Fsp3) is 0.471. The van der Waals surface area contributed by atoms with Crippen LogP contribution in [0.2, 0.25) is 5.02 Å². The zero-order chi connectivity index (χ0) is 18.1. The van der Waals surface area contributed by atoms with Gasteiger partial charge in [-0.3, -0.25) is 9.36 Å². The lowest BCUT2D eigenvalue weighted by molar-refractivity contribution is -0.128. The summed E-state index contributed by atoms with van der Waals surface area (Å²) in [6.45, 7) is 2.93. The quantitative estimate of drug-likeness (QED) is 0.786. The highest BCUT2D eigenvalue weighted by Crippen LogP contribution is 2.36. The Bertz CT molecular complexity index is 855. The number of nitrogens with zero attached hydrogens (tertiary/aromatic N) is 4. The van der Waals surface area contributed by atoms with Gasteiger partial charge in [-0.15, -0.1) is 5.10 Å². The molecule has 1 aromatic heterocycles. The molecule has 0 atom stereocenters. The summed E-state index contributed by atoms with van der Waals surface area (Å²) in [6.07, 6.45) is 2.01. The van der Waals surface area contributed by atoms with Crippen LogP contribution in [0.15, 0.2) is 34.2 Å². The molecule has 1 saturated heterocycles. The number of benzene rings is 1. The fourth-order valence-corrected chi connectivity index (χ4v) is 4.25. The lowest BCUT2D eigenvalue weighted by Gasteiger charge is -2.36. The van der Waals surface area contributed by atoms with Gasteiger partial charge in [0.1, 0.15) is 0 Å². The van der Waals surface area contributed by atoms with Gasteiger partial charge in [-0.2, -0.15) is 0 Å². The molecule has 138 valence electrons. The van der Waals surface area contributed by atoms with Crippen molar-refractivity contribution in [2.75, 3.05) is 36.8 Å². The molecule has 26 heavy (non-hydrogen) atoms. The van der Waals surface area contributed by atoms with Crippen LogP contribution in [0, 0.1) is 0 Å². The average molecular weight is 394 g/mol.